The van der Waals surface area contributed by atoms with Crippen molar-refractivity contribution >= 4 is 10.0 Å². The smallest absolute Gasteiger partial charge is 0.216 e. The number of aliphatic hydroxyl groups is 1. The predicted octanol–water partition coefficient (Wildman–Crippen LogP) is 2.43. The summed E-state index contributed by atoms with van der Waals surface area (Å²) in [6.07, 6.45) is 2.77. The molecule has 0 radical (unpaired) electrons. The van der Waals surface area contributed by atoms with E-state index < -0.39 is 10.0 Å². The van der Waals surface area contributed by atoms with Gasteiger partial charge in [0.2, 0.25) is 10.0 Å². The first-order chi connectivity index (χ1) is 10.4. The van der Waals surface area contributed by atoms with Gasteiger partial charge in [0.1, 0.15) is 0 Å². The molecule has 22 heavy (non-hydrogen) atoms. The van der Waals surface area contributed by atoms with Crippen LogP contribution in [0.3, 0.4) is 0 Å². The van der Waals surface area contributed by atoms with Gasteiger partial charge in [0.15, 0.2) is 0 Å². The van der Waals surface area contributed by atoms with E-state index in [2.05, 4.69) is 12.1 Å². The van der Waals surface area contributed by atoms with Gasteiger partial charge in [0, 0.05) is 13.1 Å². The molecule has 5 heteroatoms. The predicted molar refractivity (Wildman–Crippen MR) is 89.1 cm³/mol. The molecule has 1 aromatic rings. The maximum atomic E-state index is 12.1. The largest absolute Gasteiger partial charge is 0.393 e. The van der Waals surface area contributed by atoms with Crippen LogP contribution in [0.4, 0.5) is 0 Å². The Balaban J connectivity index is 1.81. The normalized spacial score (nSPS) is 19.5. The standard InChI is InChI=1S/C17H27NO3S/c1-14(2)22(20,21)18-12-10-16(11-13-18)17(19)9-8-15-6-4-3-5-7-15/h3-7,14,16-17,19H,8-13H2,1-2H3/t17-/m0/s1. The van der Waals surface area contributed by atoms with Crippen molar-refractivity contribution in [3.8, 4) is 0 Å². The first-order valence-electron chi connectivity index (χ1n) is 8.12. The lowest BCUT2D eigenvalue weighted by molar-refractivity contribution is 0.0694. The highest BCUT2D eigenvalue weighted by molar-refractivity contribution is 7.89. The fourth-order valence-corrected chi connectivity index (χ4v) is 4.32. The third-order valence-corrected chi connectivity index (χ3v) is 6.85. The Bertz CT molecular complexity index is 549. The van der Waals surface area contributed by atoms with E-state index >= 15 is 0 Å². The number of sulfonamides is 1. The van der Waals surface area contributed by atoms with Crippen LogP contribution in [-0.4, -0.2) is 42.3 Å². The summed E-state index contributed by atoms with van der Waals surface area (Å²) < 4.78 is 25.9. The molecule has 1 heterocycles. The Hall–Kier alpha value is -0.910. The number of nitrogens with zero attached hydrogens (tertiary/aromatic N) is 1. The second-order valence-electron chi connectivity index (χ2n) is 6.42. The molecule has 1 aliphatic heterocycles. The summed E-state index contributed by atoms with van der Waals surface area (Å²) in [4.78, 5) is 0. The molecule has 1 saturated heterocycles. The fourth-order valence-electron chi connectivity index (χ4n) is 3.01. The van der Waals surface area contributed by atoms with Crippen molar-refractivity contribution in [3.63, 3.8) is 0 Å². The highest BCUT2D eigenvalue weighted by Crippen LogP contribution is 2.26. The van der Waals surface area contributed by atoms with Gasteiger partial charge in [0.25, 0.3) is 0 Å². The summed E-state index contributed by atoms with van der Waals surface area (Å²) in [5.41, 5.74) is 1.24. The van der Waals surface area contributed by atoms with Crippen LogP contribution in [0.15, 0.2) is 30.3 Å². The minimum Gasteiger partial charge on any atom is -0.393 e. The minimum absolute atomic E-state index is 0.210. The number of piperidine rings is 1. The van der Waals surface area contributed by atoms with Gasteiger partial charge in [-0.05, 0) is 51.0 Å². The van der Waals surface area contributed by atoms with E-state index in [-0.39, 0.29) is 17.3 Å². The van der Waals surface area contributed by atoms with Crippen LogP contribution in [0.25, 0.3) is 0 Å². The van der Waals surface area contributed by atoms with Crippen LogP contribution < -0.4 is 0 Å². The fraction of sp³-hybridized carbons (Fsp3) is 0.647. The lowest BCUT2D eigenvalue weighted by Gasteiger charge is -2.34. The highest BCUT2D eigenvalue weighted by Gasteiger charge is 2.32. The Kier molecular flexibility index (Phi) is 6.01. The lowest BCUT2D eigenvalue weighted by Crippen LogP contribution is -2.43. The van der Waals surface area contributed by atoms with Crippen molar-refractivity contribution in [2.45, 2.75) is 50.9 Å². The van der Waals surface area contributed by atoms with E-state index in [4.69, 9.17) is 0 Å². The van der Waals surface area contributed by atoms with Crippen molar-refractivity contribution in [2.75, 3.05) is 13.1 Å². The zero-order valence-electron chi connectivity index (χ0n) is 13.5. The summed E-state index contributed by atoms with van der Waals surface area (Å²) in [5.74, 6) is 0.210. The molecule has 1 aromatic carbocycles. The van der Waals surface area contributed by atoms with E-state index in [0.717, 1.165) is 25.7 Å². The maximum absolute atomic E-state index is 12.1. The summed E-state index contributed by atoms with van der Waals surface area (Å²) in [7, 11) is -3.15. The van der Waals surface area contributed by atoms with Crippen LogP contribution in [0, 0.1) is 5.92 Å². The Labute approximate surface area is 134 Å². The lowest BCUT2D eigenvalue weighted by atomic mass is 9.89. The molecule has 1 aliphatic rings. The quantitative estimate of drug-likeness (QED) is 0.874. The van der Waals surface area contributed by atoms with E-state index in [1.807, 2.05) is 18.2 Å². The molecule has 0 spiro atoms. The van der Waals surface area contributed by atoms with Gasteiger partial charge in [-0.3, -0.25) is 0 Å². The van der Waals surface area contributed by atoms with Crippen molar-refractivity contribution in [1.29, 1.82) is 0 Å². The molecule has 1 fully saturated rings. The average molecular weight is 325 g/mol. The topological polar surface area (TPSA) is 57.6 Å². The molecule has 124 valence electrons. The summed E-state index contributed by atoms with van der Waals surface area (Å²) in [5, 5.41) is 10.00. The molecule has 2 rings (SSSR count). The number of rotatable bonds is 6. The molecule has 0 unspecified atom stereocenters. The van der Waals surface area contributed by atoms with Gasteiger partial charge in [-0.2, -0.15) is 0 Å². The average Bonchev–Trinajstić information content (AvgIpc) is 2.53. The second-order valence-corrected chi connectivity index (χ2v) is 8.91. The zero-order valence-corrected chi connectivity index (χ0v) is 14.3. The number of aryl methyl sites for hydroxylation is 1. The highest BCUT2D eigenvalue weighted by atomic mass is 32.2. The number of hydrogen-bond donors (Lipinski definition) is 1. The van der Waals surface area contributed by atoms with E-state index in [0.29, 0.717) is 13.1 Å². The van der Waals surface area contributed by atoms with Gasteiger partial charge in [-0.15, -0.1) is 0 Å². The van der Waals surface area contributed by atoms with Crippen molar-refractivity contribution in [2.24, 2.45) is 5.92 Å². The zero-order chi connectivity index (χ0) is 16.2. The summed E-state index contributed by atoms with van der Waals surface area (Å²) in [6, 6.07) is 10.2. The third-order valence-electron chi connectivity index (χ3n) is 4.57. The van der Waals surface area contributed by atoms with E-state index in [1.165, 1.54) is 5.56 Å². The molecule has 0 saturated carbocycles. The first-order valence-corrected chi connectivity index (χ1v) is 9.62. The van der Waals surface area contributed by atoms with Crippen LogP contribution >= 0.6 is 0 Å². The molecule has 0 amide bonds. The van der Waals surface area contributed by atoms with Gasteiger partial charge in [-0.1, -0.05) is 30.3 Å². The monoisotopic (exact) mass is 325 g/mol. The Morgan fingerprint density at radius 1 is 1.18 bits per heavy atom. The molecule has 0 aromatic heterocycles. The van der Waals surface area contributed by atoms with E-state index in [9.17, 15) is 13.5 Å². The van der Waals surface area contributed by atoms with Crippen LogP contribution in [-0.2, 0) is 16.4 Å². The Morgan fingerprint density at radius 2 is 1.77 bits per heavy atom. The minimum atomic E-state index is -3.15. The molecular formula is C17H27NO3S. The first kappa shape index (κ1) is 17.4. The van der Waals surface area contributed by atoms with Crippen LogP contribution in [0.2, 0.25) is 0 Å². The molecule has 4 nitrogen and oxygen atoms in total. The van der Waals surface area contributed by atoms with Crippen molar-refractivity contribution in [1.82, 2.24) is 4.31 Å². The second kappa shape index (κ2) is 7.57. The van der Waals surface area contributed by atoms with Crippen molar-refractivity contribution < 1.29 is 13.5 Å². The summed E-state index contributed by atoms with van der Waals surface area (Å²) in [6.45, 7) is 4.51. The van der Waals surface area contributed by atoms with Crippen molar-refractivity contribution in [3.05, 3.63) is 35.9 Å². The molecule has 0 aliphatic carbocycles. The maximum Gasteiger partial charge on any atom is 0.216 e. The van der Waals surface area contributed by atoms with Gasteiger partial charge < -0.3 is 5.11 Å². The molecule has 1 N–H and O–H groups in total. The molecular weight excluding hydrogens is 298 g/mol. The van der Waals surface area contributed by atoms with Crippen LogP contribution in [0.5, 0.6) is 0 Å². The molecule has 0 bridgehead atoms. The Morgan fingerprint density at radius 3 is 2.32 bits per heavy atom. The van der Waals surface area contributed by atoms with E-state index in [1.54, 1.807) is 18.2 Å². The summed E-state index contributed by atoms with van der Waals surface area (Å²) >= 11 is 0. The SMILES string of the molecule is CC(C)S(=O)(=O)N1CCC([C@@H](O)CCc2ccccc2)CC1. The number of benzene rings is 1. The number of aliphatic hydroxyl groups excluding tert-OH is 1. The van der Waals surface area contributed by atoms with Gasteiger partial charge in [-0.25, -0.2) is 12.7 Å². The third kappa shape index (κ3) is 4.31. The van der Waals surface area contributed by atoms with Crippen LogP contribution in [0.1, 0.15) is 38.7 Å². The van der Waals surface area contributed by atoms with Gasteiger partial charge >= 0.3 is 0 Å². The molecule has 1 atom stereocenters. The number of hydrogen-bond acceptors (Lipinski definition) is 3. The van der Waals surface area contributed by atoms with Gasteiger partial charge in [0.05, 0.1) is 11.4 Å².